The largest absolute Gasteiger partial charge is 0.379 e. The number of nitrogens with zero attached hydrogens (tertiary/aromatic N) is 1. The lowest BCUT2D eigenvalue weighted by atomic mass is 10.3. The third kappa shape index (κ3) is 5.28. The van der Waals surface area contributed by atoms with E-state index < -0.39 is 0 Å². The molecule has 20 heavy (non-hydrogen) atoms. The van der Waals surface area contributed by atoms with E-state index in [-0.39, 0.29) is 0 Å². The maximum atomic E-state index is 5.32. The van der Waals surface area contributed by atoms with Crippen LogP contribution in [-0.4, -0.2) is 55.7 Å². The van der Waals surface area contributed by atoms with Gasteiger partial charge in [-0.1, -0.05) is 0 Å². The highest BCUT2D eigenvalue weighted by molar-refractivity contribution is 7.98. The summed E-state index contributed by atoms with van der Waals surface area (Å²) in [5.41, 5.74) is 1.02. The molecule has 1 fully saturated rings. The highest BCUT2D eigenvalue weighted by Crippen LogP contribution is 2.17. The van der Waals surface area contributed by atoms with Crippen molar-refractivity contribution < 1.29 is 4.74 Å². The number of hydrogen-bond acceptors (Lipinski definition) is 4. The first-order chi connectivity index (χ1) is 9.78. The molecule has 0 aromatic heterocycles. The van der Waals surface area contributed by atoms with E-state index in [1.807, 2.05) is 12.1 Å². The molecule has 0 unspecified atom stereocenters. The zero-order valence-electron chi connectivity index (χ0n) is 11.7. The molecular weight excluding hydrogens is 290 g/mol. The van der Waals surface area contributed by atoms with E-state index in [0.29, 0.717) is 5.11 Å². The average Bonchev–Trinajstić information content (AvgIpc) is 2.49. The molecule has 0 bridgehead atoms. The van der Waals surface area contributed by atoms with Crippen LogP contribution < -0.4 is 10.6 Å². The Morgan fingerprint density at radius 3 is 2.65 bits per heavy atom. The summed E-state index contributed by atoms with van der Waals surface area (Å²) >= 11 is 7.03. The van der Waals surface area contributed by atoms with E-state index in [4.69, 9.17) is 17.0 Å². The summed E-state index contributed by atoms with van der Waals surface area (Å²) < 4.78 is 5.32. The Morgan fingerprint density at radius 1 is 1.30 bits per heavy atom. The average molecular weight is 311 g/mol. The van der Waals surface area contributed by atoms with Crippen molar-refractivity contribution in [3.63, 3.8) is 0 Å². The molecule has 1 saturated heterocycles. The second-order valence-corrected chi connectivity index (χ2v) is 5.85. The third-order valence-electron chi connectivity index (χ3n) is 3.17. The van der Waals surface area contributed by atoms with Crippen molar-refractivity contribution in [3.8, 4) is 0 Å². The normalized spacial score (nSPS) is 15.8. The Morgan fingerprint density at radius 2 is 2.00 bits per heavy atom. The first kappa shape index (κ1) is 15.6. The fourth-order valence-electron chi connectivity index (χ4n) is 2.00. The first-order valence-corrected chi connectivity index (χ1v) is 8.40. The van der Waals surface area contributed by atoms with Crippen LogP contribution in [0.2, 0.25) is 0 Å². The number of nitrogens with one attached hydrogen (secondary N) is 2. The van der Waals surface area contributed by atoms with Crippen LogP contribution in [0.4, 0.5) is 5.69 Å². The number of ether oxygens (including phenoxy) is 1. The molecule has 1 aromatic rings. The number of rotatable bonds is 5. The fraction of sp³-hybridized carbons (Fsp3) is 0.500. The standard InChI is InChI=1S/C14H21N3OS2/c1-20-13-4-2-12(3-5-13)16-14(19)15-6-7-17-8-10-18-11-9-17/h2-5H,6-11H2,1H3,(H2,15,16,19). The van der Waals surface area contributed by atoms with Crippen LogP contribution in [0, 0.1) is 0 Å². The van der Waals surface area contributed by atoms with Gasteiger partial charge >= 0.3 is 0 Å². The van der Waals surface area contributed by atoms with Crippen molar-refractivity contribution in [1.29, 1.82) is 0 Å². The summed E-state index contributed by atoms with van der Waals surface area (Å²) in [4.78, 5) is 3.63. The predicted octanol–water partition coefficient (Wildman–Crippen LogP) is 2.03. The van der Waals surface area contributed by atoms with E-state index in [0.717, 1.165) is 45.1 Å². The van der Waals surface area contributed by atoms with Gasteiger partial charge in [0.1, 0.15) is 0 Å². The minimum atomic E-state index is 0.676. The van der Waals surface area contributed by atoms with Gasteiger partial charge in [0.2, 0.25) is 0 Å². The summed E-state index contributed by atoms with van der Waals surface area (Å²) in [6.45, 7) is 5.55. The molecule has 0 aliphatic carbocycles. The van der Waals surface area contributed by atoms with Crippen molar-refractivity contribution in [2.45, 2.75) is 4.90 Å². The number of thioether (sulfide) groups is 1. The Balaban J connectivity index is 1.66. The monoisotopic (exact) mass is 311 g/mol. The van der Waals surface area contributed by atoms with Crippen LogP contribution in [0.5, 0.6) is 0 Å². The highest BCUT2D eigenvalue weighted by atomic mass is 32.2. The molecule has 0 amide bonds. The molecule has 4 nitrogen and oxygen atoms in total. The smallest absolute Gasteiger partial charge is 0.170 e. The molecule has 2 N–H and O–H groups in total. The summed E-state index contributed by atoms with van der Waals surface area (Å²) in [7, 11) is 0. The maximum absolute atomic E-state index is 5.32. The van der Waals surface area contributed by atoms with Gasteiger partial charge < -0.3 is 15.4 Å². The van der Waals surface area contributed by atoms with Crippen molar-refractivity contribution in [3.05, 3.63) is 24.3 Å². The van der Waals surface area contributed by atoms with Crippen LogP contribution in [0.25, 0.3) is 0 Å². The minimum absolute atomic E-state index is 0.676. The second kappa shape index (κ2) is 8.46. The van der Waals surface area contributed by atoms with Crippen LogP contribution in [0.1, 0.15) is 0 Å². The van der Waals surface area contributed by atoms with Gasteiger partial charge in [-0.3, -0.25) is 4.90 Å². The maximum Gasteiger partial charge on any atom is 0.170 e. The van der Waals surface area contributed by atoms with E-state index in [9.17, 15) is 0 Å². The van der Waals surface area contributed by atoms with Gasteiger partial charge in [0, 0.05) is 36.8 Å². The first-order valence-electron chi connectivity index (χ1n) is 6.77. The van der Waals surface area contributed by atoms with Crippen LogP contribution in [0.15, 0.2) is 29.2 Å². The van der Waals surface area contributed by atoms with Crippen LogP contribution in [0.3, 0.4) is 0 Å². The summed E-state index contributed by atoms with van der Waals surface area (Å²) in [5.74, 6) is 0. The quantitative estimate of drug-likeness (QED) is 0.640. The van der Waals surface area contributed by atoms with E-state index >= 15 is 0 Å². The van der Waals surface area contributed by atoms with Gasteiger partial charge in [0.15, 0.2) is 5.11 Å². The lowest BCUT2D eigenvalue weighted by Crippen LogP contribution is -2.42. The lowest BCUT2D eigenvalue weighted by Gasteiger charge is -2.26. The van der Waals surface area contributed by atoms with E-state index in [2.05, 4.69) is 33.9 Å². The van der Waals surface area contributed by atoms with Gasteiger partial charge in [-0.25, -0.2) is 0 Å². The Bertz CT molecular complexity index is 419. The molecule has 110 valence electrons. The van der Waals surface area contributed by atoms with Gasteiger partial charge in [-0.15, -0.1) is 11.8 Å². The number of benzene rings is 1. The number of hydrogen-bond donors (Lipinski definition) is 2. The molecule has 0 atom stereocenters. The lowest BCUT2D eigenvalue weighted by molar-refractivity contribution is 0.0389. The minimum Gasteiger partial charge on any atom is -0.379 e. The van der Waals surface area contributed by atoms with Gasteiger partial charge in [-0.2, -0.15) is 0 Å². The molecule has 6 heteroatoms. The molecule has 0 saturated carbocycles. The molecular formula is C14H21N3OS2. The van der Waals surface area contributed by atoms with Gasteiger partial charge in [0.25, 0.3) is 0 Å². The Labute approximate surface area is 130 Å². The van der Waals surface area contributed by atoms with Crippen LogP contribution in [-0.2, 0) is 4.74 Å². The van der Waals surface area contributed by atoms with Crippen molar-refractivity contribution in [2.24, 2.45) is 0 Å². The van der Waals surface area contributed by atoms with Crippen LogP contribution >= 0.6 is 24.0 Å². The molecule has 2 rings (SSSR count). The third-order valence-corrected chi connectivity index (χ3v) is 4.16. The number of anilines is 1. The topological polar surface area (TPSA) is 36.5 Å². The van der Waals surface area contributed by atoms with E-state index in [1.54, 1.807) is 11.8 Å². The predicted molar refractivity (Wildman–Crippen MR) is 89.7 cm³/mol. The molecule has 0 spiro atoms. The molecule has 1 heterocycles. The van der Waals surface area contributed by atoms with Gasteiger partial charge in [-0.05, 0) is 42.7 Å². The second-order valence-electron chi connectivity index (χ2n) is 4.56. The zero-order chi connectivity index (χ0) is 14.2. The Kier molecular flexibility index (Phi) is 6.59. The number of morpholine rings is 1. The van der Waals surface area contributed by atoms with E-state index in [1.165, 1.54) is 4.90 Å². The molecule has 1 aliphatic rings. The van der Waals surface area contributed by atoms with Gasteiger partial charge in [0.05, 0.1) is 13.2 Å². The molecule has 1 aromatic carbocycles. The molecule has 0 radical (unpaired) electrons. The fourth-order valence-corrected chi connectivity index (χ4v) is 2.63. The number of thiocarbonyl (C=S) groups is 1. The highest BCUT2D eigenvalue weighted by Gasteiger charge is 2.09. The summed E-state index contributed by atoms with van der Waals surface area (Å²) in [6, 6.07) is 8.26. The molecule has 1 aliphatic heterocycles. The SMILES string of the molecule is CSc1ccc(NC(=S)NCCN2CCOCC2)cc1. The zero-order valence-corrected chi connectivity index (χ0v) is 13.4. The van der Waals surface area contributed by atoms with Crippen molar-refractivity contribution in [1.82, 2.24) is 10.2 Å². The van der Waals surface area contributed by atoms with Crippen molar-refractivity contribution >= 4 is 34.8 Å². The Hall–Kier alpha value is -0.820. The summed E-state index contributed by atoms with van der Waals surface area (Å²) in [5, 5.41) is 7.11. The van der Waals surface area contributed by atoms with Crippen molar-refractivity contribution in [2.75, 3.05) is 51.0 Å². The summed E-state index contributed by atoms with van der Waals surface area (Å²) in [6.07, 6.45) is 2.07.